The highest BCUT2D eigenvalue weighted by molar-refractivity contribution is 8.80. The lowest BCUT2D eigenvalue weighted by atomic mass is 10.0. The van der Waals surface area contributed by atoms with Gasteiger partial charge in [0.25, 0.3) is 23.6 Å². The number of benzene rings is 2. The topological polar surface area (TPSA) is 327 Å². The first kappa shape index (κ1) is 117. The third-order valence-electron chi connectivity index (χ3n) is 13.1. The zero-order valence-electron chi connectivity index (χ0n) is 60.9. The van der Waals surface area contributed by atoms with Crippen LogP contribution in [0.1, 0.15) is 132 Å². The van der Waals surface area contributed by atoms with Crippen molar-refractivity contribution < 1.29 is 81.5 Å². The Morgan fingerprint density at radius 2 is 0.678 bits per heavy atom. The van der Waals surface area contributed by atoms with E-state index in [2.05, 4.69) is 35.1 Å². The van der Waals surface area contributed by atoms with Gasteiger partial charge in [0.15, 0.2) is 5.78 Å². The summed E-state index contributed by atoms with van der Waals surface area (Å²) in [4.78, 5) is 123. The standard InChI is InChI=1S/C27H37N3O8.C15H13N3O6.C11H25NO3.S21.S20/c1-2-3-12-36-14-16-38-17-15-37-13-5-4-7-19(31)18-28-21-9-6-8-20-24(21)27(35)30(26(20)34)22-10-11-23(32)29-25(22)33;19-10-5-4-9(13(22)17-10)18-14(23)7-2-1-3-8(12(7)15(18)24)16-6-11(20)21;1-2-3-6-13-8-10-15-11-9-14-7-4-5-12;1-3-5-7-9-11-13-15-17-19-21-20-18-16-14-12-10-8-6-4-2;1-3-5-7-9-11-13-15-17-19-20-18-16-14-12-10-8-6-4-2/h6,8-9,22,28H,2-5,7,10-18H2,1H3,(H,29,32,33);1-3,9,16H,4-6H2,(H,20,21)(H,17,19,22);2-12H2,1H3;;. The van der Waals surface area contributed by atoms with E-state index in [1.54, 1.807) is 305 Å². The number of carboxylic acid groups (broad SMARTS) is 1. The molecule has 2 atom stereocenters. The van der Waals surface area contributed by atoms with Crippen molar-refractivity contribution >= 4 is 444 Å². The predicted octanol–water partition coefficient (Wildman–Crippen LogP) is 2.76. The number of amides is 8. The number of carbonyl (C=O) groups excluding carboxylic acids is 9. The van der Waals surface area contributed by atoms with E-state index >= 15 is 0 Å². The zero-order valence-corrected chi connectivity index (χ0v) is 94.4. The molecule has 2 unspecified atom stereocenters. The SMILES string of the molecule is CCCCOCCOCCOCCCCC(=O)CNc1cccc2c1C(=O)N(C1CCC(=O)NC1=O)C2=O.CCCCOCCOCCOCCCN.O=C(O)CNc1cccc2c1C(=O)N(C1CCC(=O)NC1=O)C2=O.S=S=S=S=S=S=S=S=S=S=S=S=S=S=S=S=S=S=S=S.S=S=S=S=S=S=S=S=S=S=S=S=S=S=S=S=S=S=S=S=S. The van der Waals surface area contributed by atoms with E-state index in [1.165, 1.54) is 66.2 Å². The molecule has 7 N–H and O–H groups in total. The molecule has 2 saturated heterocycles. The molecule has 0 saturated carbocycles. The second kappa shape index (κ2) is 82.6. The number of imide groups is 4. The van der Waals surface area contributed by atoms with Crippen molar-refractivity contribution in [2.75, 3.05) is 110 Å². The van der Waals surface area contributed by atoms with E-state index in [0.29, 0.717) is 84.5 Å². The fourth-order valence-electron chi connectivity index (χ4n) is 8.44. The number of unbranched alkanes of at least 4 members (excludes halogenated alkanes) is 3. The number of aliphatic carboxylic acids is 1. The highest BCUT2D eigenvalue weighted by atomic mass is 33.5. The number of anilines is 2. The molecular formula is C53H75N7O17S41. The molecule has 0 aliphatic carbocycles. The molecule has 0 bridgehead atoms. The van der Waals surface area contributed by atoms with Crippen molar-refractivity contribution in [3.05, 3.63) is 58.7 Å². The highest BCUT2D eigenvalue weighted by Gasteiger charge is 2.47. The summed E-state index contributed by atoms with van der Waals surface area (Å²) in [6.07, 6.45) is 7.38. The van der Waals surface area contributed by atoms with Crippen LogP contribution >= 0.6 is 0 Å². The lowest BCUT2D eigenvalue weighted by Gasteiger charge is -2.27. The molecule has 0 aromatic heterocycles. The van der Waals surface area contributed by atoms with Crippen LogP contribution < -0.4 is 27.0 Å². The number of piperidine rings is 2. The van der Waals surface area contributed by atoms with Gasteiger partial charge in [0.05, 0.1) is 81.7 Å². The molecule has 118 heavy (non-hydrogen) atoms. The number of nitrogens with two attached hydrogens (primary N) is 1. The predicted molar refractivity (Wildman–Crippen MR) is 580 cm³/mol. The highest BCUT2D eigenvalue weighted by Crippen LogP contribution is 2.34. The van der Waals surface area contributed by atoms with E-state index < -0.39 is 71.9 Å². The van der Waals surface area contributed by atoms with E-state index in [9.17, 15) is 47.9 Å². The molecule has 6 rings (SSSR count). The van der Waals surface area contributed by atoms with Crippen molar-refractivity contribution in [3.8, 4) is 0 Å². The third-order valence-corrected chi connectivity index (χ3v) is 90.9. The van der Waals surface area contributed by atoms with E-state index in [-0.39, 0.29) is 66.0 Å². The van der Waals surface area contributed by atoms with Gasteiger partial charge in [-0.3, -0.25) is 68.4 Å². The van der Waals surface area contributed by atoms with Gasteiger partial charge in [-0.1, -0.05) is 38.8 Å². The van der Waals surface area contributed by atoms with Crippen molar-refractivity contribution in [2.24, 2.45) is 5.73 Å². The number of carboxylic acids is 1. The number of ketones is 1. The molecule has 2 aromatic carbocycles. The number of fused-ring (bicyclic) bond motifs is 2. The molecule has 65 heteroatoms. The Bertz CT molecular complexity index is 5460. The molecule has 4 aliphatic rings. The van der Waals surface area contributed by atoms with Crippen LogP contribution in [-0.4, -0.2) is 185 Å². The monoisotopic (exact) mass is 2390 g/mol. The first-order chi connectivity index (χ1) is 57.6. The van der Waals surface area contributed by atoms with Crippen LogP contribution in [0.2, 0.25) is 0 Å². The molecule has 670 valence electrons. The molecule has 4 aliphatic heterocycles. The summed E-state index contributed by atoms with van der Waals surface area (Å²) in [7, 11) is 63.5. The average Bonchev–Trinajstić information content (AvgIpc) is 1.61. The Morgan fingerprint density at radius 1 is 0.398 bits per heavy atom. The van der Waals surface area contributed by atoms with Gasteiger partial charge in [-0.15, -0.1) is 0 Å². The molecular weight excluding hydrogens is 2320 g/mol. The minimum absolute atomic E-state index is 0.00532. The van der Waals surface area contributed by atoms with Crippen molar-refractivity contribution in [1.82, 2.24) is 20.4 Å². The van der Waals surface area contributed by atoms with Gasteiger partial charge in [-0.2, -0.15) is 0 Å². The normalized spacial score (nSPS) is 13.5. The maximum absolute atomic E-state index is 13.1. The first-order valence-electron chi connectivity index (χ1n) is 32.8. The van der Waals surface area contributed by atoms with E-state index in [0.717, 1.165) is 61.7 Å². The molecule has 0 radical (unpaired) electrons. The number of Topliss-reactive ketones (excluding diaryl/α,β-unsaturated/α-hetero) is 1. The van der Waals surface area contributed by atoms with E-state index in [4.69, 9.17) is 84.0 Å². The van der Waals surface area contributed by atoms with Crippen LogP contribution in [-0.2, 0) is 431 Å². The quantitative estimate of drug-likeness (QED) is 0.0433. The molecule has 4 heterocycles. The maximum Gasteiger partial charge on any atom is 0.322 e. The summed E-state index contributed by atoms with van der Waals surface area (Å²) in [5, 5.41) is 18.6. The average molecular weight is 2400 g/mol. The zero-order chi connectivity index (χ0) is 86.1. The third kappa shape index (κ3) is 57.6. The van der Waals surface area contributed by atoms with Gasteiger partial charge in [0.1, 0.15) is 18.6 Å². The summed E-state index contributed by atoms with van der Waals surface area (Å²) in [6.45, 7) is 12.2. The Morgan fingerprint density at radius 3 is 0.958 bits per heavy atom. The maximum atomic E-state index is 13.1. The summed E-state index contributed by atoms with van der Waals surface area (Å²) in [6, 6.07) is 7.11. The fourth-order valence-corrected chi connectivity index (χ4v) is 99.0. The van der Waals surface area contributed by atoms with E-state index in [1.807, 2.05) is 0 Å². The minimum atomic E-state index is -1.12. The molecule has 2 fully saturated rings. The first-order valence-corrected chi connectivity index (χ1v) is 84.8. The second-order valence-corrected chi connectivity index (χ2v) is 85.9. The van der Waals surface area contributed by atoms with Crippen LogP contribution in [0, 0.1) is 0 Å². The number of hydrogen-bond donors (Lipinski definition) is 6. The van der Waals surface area contributed by atoms with Crippen LogP contribution in [0.5, 0.6) is 0 Å². The van der Waals surface area contributed by atoms with Crippen LogP contribution in [0.4, 0.5) is 11.4 Å². The number of nitrogens with one attached hydrogen (secondary N) is 4. The Labute approximate surface area is 809 Å². The lowest BCUT2D eigenvalue weighted by molar-refractivity contribution is -0.137. The minimum Gasteiger partial charge on any atom is -0.480 e. The second-order valence-electron chi connectivity index (χ2n) is 20.5. The van der Waals surface area contributed by atoms with Gasteiger partial charge in [0, 0.05) is 430 Å². The number of ether oxygens (including phenoxy) is 6. The van der Waals surface area contributed by atoms with Crippen molar-refractivity contribution in [3.63, 3.8) is 0 Å². The van der Waals surface area contributed by atoms with Gasteiger partial charge < -0.3 is 49.9 Å². The van der Waals surface area contributed by atoms with Gasteiger partial charge in [0.2, 0.25) is 23.6 Å². The molecule has 24 nitrogen and oxygen atoms in total. The van der Waals surface area contributed by atoms with Crippen LogP contribution in [0.25, 0.3) is 0 Å². The number of hydrogen-bond acceptors (Lipinski definition) is 23. The fraction of sp³-hybridized carbons (Fsp3) is 0.585. The number of carbonyl (C=O) groups is 10. The molecule has 8 amide bonds. The summed E-state index contributed by atoms with van der Waals surface area (Å²) < 4.78 is 32.3. The lowest BCUT2D eigenvalue weighted by Crippen LogP contribution is -2.54. The summed E-state index contributed by atoms with van der Waals surface area (Å²) in [5.41, 5.74) is 6.34. The largest absolute Gasteiger partial charge is 0.480 e. The smallest absolute Gasteiger partial charge is 0.322 e. The Kier molecular flexibility index (Phi) is 81.6. The van der Waals surface area contributed by atoms with Gasteiger partial charge in [-0.05, 0) is 75.8 Å². The number of nitrogens with zero attached hydrogens (tertiary/aromatic N) is 2. The van der Waals surface area contributed by atoms with Crippen LogP contribution in [0.15, 0.2) is 36.4 Å². The number of rotatable bonds is 34. The Balaban J connectivity index is 0.000000521. The molecule has 2 aromatic rings. The molecule has 0 spiro atoms. The summed E-state index contributed by atoms with van der Waals surface area (Å²) >= 11 is 19.0. The van der Waals surface area contributed by atoms with Gasteiger partial charge in [-0.25, -0.2) is 0 Å². The summed E-state index contributed by atoms with van der Waals surface area (Å²) in [5.74, 6) is -5.90. The Hall–Kier alpha value is 2.48. The van der Waals surface area contributed by atoms with Crippen molar-refractivity contribution in [2.45, 2.75) is 103 Å². The van der Waals surface area contributed by atoms with Crippen molar-refractivity contribution in [1.29, 1.82) is 0 Å². The van der Waals surface area contributed by atoms with Gasteiger partial charge >= 0.3 is 5.97 Å². The van der Waals surface area contributed by atoms with Crippen LogP contribution in [0.3, 0.4) is 0 Å².